The molecule has 0 saturated carbocycles. The molecule has 3 amide bonds. The number of carbonyl (C=O) groups excluding carboxylic acids is 3. The van der Waals surface area contributed by atoms with Crippen LogP contribution in [0, 0.1) is 0 Å². The minimum atomic E-state index is -0.688. The molecule has 0 aromatic rings. The topological polar surface area (TPSA) is 169 Å². The highest BCUT2D eigenvalue weighted by atomic mass is 16.5. The molecule has 1 atom stereocenters. The number of carboxylic acid groups (broad SMARTS) is 1. The molecule has 11 heteroatoms. The van der Waals surface area contributed by atoms with Crippen LogP contribution in [0.25, 0.3) is 0 Å². The molecule has 0 aliphatic rings. The normalized spacial score (nSPS) is 11.7. The summed E-state index contributed by atoms with van der Waals surface area (Å²) in [5.74, 6) is -1.18. The van der Waals surface area contributed by atoms with Gasteiger partial charge in [-0.25, -0.2) is 0 Å². The molecule has 6 N–H and O–H groups in total. The van der Waals surface area contributed by atoms with Crippen LogP contribution in [-0.4, -0.2) is 81.4 Å². The number of unbranched alkanes of at least 4 members (excludes halogenated alkanes) is 14. The van der Waals surface area contributed by atoms with Crippen molar-refractivity contribution in [1.82, 2.24) is 16.0 Å². The minimum absolute atomic E-state index is 0.0273. The van der Waals surface area contributed by atoms with Gasteiger partial charge in [-0.2, -0.15) is 0 Å². The molecular weight excluding hydrogens is 540 g/mol. The van der Waals surface area contributed by atoms with Gasteiger partial charge in [0.1, 0.15) is 6.61 Å². The van der Waals surface area contributed by atoms with Crippen LogP contribution in [0.4, 0.5) is 0 Å². The van der Waals surface area contributed by atoms with Crippen molar-refractivity contribution in [3.05, 3.63) is 0 Å². The second kappa shape index (κ2) is 30.2. The van der Waals surface area contributed by atoms with Crippen molar-refractivity contribution in [2.75, 3.05) is 46.6 Å². The van der Waals surface area contributed by atoms with Crippen molar-refractivity contribution in [2.24, 2.45) is 5.73 Å². The molecular formula is C31H60N4O7. The van der Waals surface area contributed by atoms with Gasteiger partial charge in [-0.1, -0.05) is 77.0 Å². The molecule has 0 aromatic carbocycles. The average Bonchev–Trinajstić information content (AvgIpc) is 2.95. The van der Waals surface area contributed by atoms with Crippen LogP contribution in [0.2, 0.25) is 0 Å². The van der Waals surface area contributed by atoms with Gasteiger partial charge in [-0.15, -0.1) is 0 Å². The van der Waals surface area contributed by atoms with Gasteiger partial charge in [0.15, 0.2) is 0 Å². The van der Waals surface area contributed by atoms with E-state index >= 15 is 0 Å². The lowest BCUT2D eigenvalue weighted by Gasteiger charge is -2.12. The lowest BCUT2D eigenvalue weighted by atomic mass is 10.0. The van der Waals surface area contributed by atoms with E-state index in [-0.39, 0.29) is 30.4 Å². The van der Waals surface area contributed by atoms with Gasteiger partial charge < -0.3 is 36.3 Å². The number of ether oxygens (including phenoxy) is 2. The van der Waals surface area contributed by atoms with E-state index in [4.69, 9.17) is 20.3 Å². The number of amides is 3. The van der Waals surface area contributed by atoms with E-state index in [1.165, 1.54) is 57.8 Å². The first-order valence-electron chi connectivity index (χ1n) is 16.2. The summed E-state index contributed by atoms with van der Waals surface area (Å²) in [7, 11) is 1.70. The standard InChI is InChI=1S/C31H60N4O7/c1-33-27(31(32)40)18-16-17-21-34-29(37)26-42-25-24-41-23-22-35-28(36)19-14-12-10-8-6-4-2-3-5-7-9-11-13-15-20-30(38)39/h27,33H,2-26H2,1H3,(H2,32,40)(H,34,37)(H,35,36)(H,38,39)/t27-/m0/s1. The lowest BCUT2D eigenvalue weighted by molar-refractivity contribution is -0.137. The Balaban J connectivity index is 3.31. The van der Waals surface area contributed by atoms with E-state index in [0.29, 0.717) is 52.2 Å². The lowest BCUT2D eigenvalue weighted by Crippen LogP contribution is -2.39. The Morgan fingerprint density at radius 1 is 0.619 bits per heavy atom. The monoisotopic (exact) mass is 600 g/mol. The highest BCUT2D eigenvalue weighted by molar-refractivity contribution is 5.79. The van der Waals surface area contributed by atoms with Crippen LogP contribution in [0.15, 0.2) is 0 Å². The summed E-state index contributed by atoms with van der Waals surface area (Å²) < 4.78 is 10.7. The van der Waals surface area contributed by atoms with Crippen LogP contribution >= 0.6 is 0 Å². The van der Waals surface area contributed by atoms with Gasteiger partial charge in [-0.3, -0.25) is 19.2 Å². The molecule has 246 valence electrons. The number of likely N-dealkylation sites (N-methyl/N-ethyl adjacent to an activating group) is 1. The van der Waals surface area contributed by atoms with Gasteiger partial charge in [-0.05, 0) is 39.2 Å². The summed E-state index contributed by atoms with van der Waals surface area (Å²) in [4.78, 5) is 45.3. The van der Waals surface area contributed by atoms with E-state index in [9.17, 15) is 19.2 Å². The zero-order chi connectivity index (χ0) is 31.1. The van der Waals surface area contributed by atoms with Gasteiger partial charge in [0.05, 0.1) is 25.9 Å². The predicted octanol–water partition coefficient (Wildman–Crippen LogP) is 3.82. The van der Waals surface area contributed by atoms with E-state index in [1.54, 1.807) is 7.05 Å². The smallest absolute Gasteiger partial charge is 0.303 e. The number of hydrogen-bond donors (Lipinski definition) is 5. The van der Waals surface area contributed by atoms with Crippen LogP contribution in [0.1, 0.15) is 122 Å². The summed E-state index contributed by atoms with van der Waals surface area (Å²) >= 11 is 0. The van der Waals surface area contributed by atoms with Crippen LogP contribution in [0.3, 0.4) is 0 Å². The van der Waals surface area contributed by atoms with Gasteiger partial charge >= 0.3 is 5.97 Å². The number of carboxylic acids is 1. The number of nitrogens with one attached hydrogen (secondary N) is 3. The minimum Gasteiger partial charge on any atom is -0.481 e. The molecule has 0 saturated heterocycles. The van der Waals surface area contributed by atoms with E-state index in [1.807, 2.05) is 0 Å². The first-order chi connectivity index (χ1) is 20.4. The fraction of sp³-hybridized carbons (Fsp3) is 0.871. The molecule has 0 rings (SSSR count). The number of rotatable bonds is 32. The Hall–Kier alpha value is -2.24. The number of carbonyl (C=O) groups is 4. The highest BCUT2D eigenvalue weighted by Crippen LogP contribution is 2.13. The largest absolute Gasteiger partial charge is 0.481 e. The summed E-state index contributed by atoms with van der Waals surface area (Å²) in [5.41, 5.74) is 5.27. The Bertz CT molecular complexity index is 694. The first-order valence-corrected chi connectivity index (χ1v) is 16.2. The molecule has 11 nitrogen and oxygen atoms in total. The Morgan fingerprint density at radius 3 is 1.64 bits per heavy atom. The molecule has 0 aliphatic heterocycles. The summed E-state index contributed by atoms with van der Waals surface area (Å²) in [6.45, 7) is 2.04. The zero-order valence-corrected chi connectivity index (χ0v) is 26.2. The van der Waals surface area contributed by atoms with Gasteiger partial charge in [0.2, 0.25) is 17.7 Å². The SMILES string of the molecule is CN[C@@H](CCCCNC(=O)COCCOCCNC(=O)CCCCCCCCCCCCCCCCC(=O)O)C(N)=O. The molecule has 0 bridgehead atoms. The van der Waals surface area contributed by atoms with Crippen molar-refractivity contribution in [3.63, 3.8) is 0 Å². The summed E-state index contributed by atoms with van der Waals surface area (Å²) in [5, 5.41) is 17.1. The van der Waals surface area contributed by atoms with Crippen molar-refractivity contribution in [1.29, 1.82) is 0 Å². The number of aliphatic carboxylic acids is 1. The molecule has 0 radical (unpaired) electrons. The maximum absolute atomic E-state index is 11.9. The number of primary amides is 1. The third-order valence-corrected chi connectivity index (χ3v) is 7.15. The Kier molecular flexibility index (Phi) is 28.6. The van der Waals surface area contributed by atoms with Crippen LogP contribution < -0.4 is 21.7 Å². The second-order valence-corrected chi connectivity index (χ2v) is 10.9. The number of nitrogens with two attached hydrogens (primary N) is 1. The zero-order valence-electron chi connectivity index (χ0n) is 26.2. The quantitative estimate of drug-likeness (QED) is 0.0726. The highest BCUT2D eigenvalue weighted by Gasteiger charge is 2.11. The maximum Gasteiger partial charge on any atom is 0.303 e. The van der Waals surface area contributed by atoms with Crippen molar-refractivity contribution < 1.29 is 33.8 Å². The molecule has 0 fully saturated rings. The van der Waals surface area contributed by atoms with Crippen LogP contribution in [0.5, 0.6) is 0 Å². The first kappa shape index (κ1) is 39.8. The van der Waals surface area contributed by atoms with Gasteiger partial charge in [0, 0.05) is 25.9 Å². The molecule has 0 heterocycles. The Morgan fingerprint density at radius 2 is 1.12 bits per heavy atom. The molecule has 0 unspecified atom stereocenters. The third kappa shape index (κ3) is 29.3. The van der Waals surface area contributed by atoms with Gasteiger partial charge in [0.25, 0.3) is 0 Å². The third-order valence-electron chi connectivity index (χ3n) is 7.15. The summed E-state index contributed by atoms with van der Waals surface area (Å²) in [6.07, 6.45) is 19.4. The Labute approximate surface area is 253 Å². The van der Waals surface area contributed by atoms with Crippen LogP contribution in [-0.2, 0) is 28.7 Å². The molecule has 0 aromatic heterocycles. The van der Waals surface area contributed by atoms with E-state index in [2.05, 4.69) is 16.0 Å². The molecule has 0 spiro atoms. The maximum atomic E-state index is 11.9. The van der Waals surface area contributed by atoms with E-state index in [0.717, 1.165) is 44.9 Å². The summed E-state index contributed by atoms with van der Waals surface area (Å²) in [6, 6.07) is -0.336. The fourth-order valence-corrected chi connectivity index (χ4v) is 4.60. The fourth-order valence-electron chi connectivity index (χ4n) is 4.60. The van der Waals surface area contributed by atoms with Crippen molar-refractivity contribution in [2.45, 2.75) is 128 Å². The molecule has 42 heavy (non-hydrogen) atoms. The second-order valence-electron chi connectivity index (χ2n) is 10.9. The number of hydrogen-bond acceptors (Lipinski definition) is 7. The molecule has 0 aliphatic carbocycles. The average molecular weight is 601 g/mol. The van der Waals surface area contributed by atoms with Crippen molar-refractivity contribution in [3.8, 4) is 0 Å². The van der Waals surface area contributed by atoms with E-state index < -0.39 is 5.97 Å². The predicted molar refractivity (Wildman–Crippen MR) is 165 cm³/mol. The van der Waals surface area contributed by atoms with Crippen molar-refractivity contribution >= 4 is 23.7 Å².